The number of hydrogen-bond acceptors (Lipinski definition) is 5. The Bertz CT molecular complexity index is 1010. The van der Waals surface area contributed by atoms with E-state index in [0.717, 1.165) is 5.56 Å². The largest absolute Gasteiger partial charge is 0.451 e. The molecule has 29 heavy (non-hydrogen) atoms. The van der Waals surface area contributed by atoms with Gasteiger partial charge < -0.3 is 10.1 Å². The number of nitrogens with zero attached hydrogens (tertiary/aromatic N) is 1. The number of rotatable bonds is 5. The molecule has 2 aromatic carbocycles. The molecule has 150 valence electrons. The van der Waals surface area contributed by atoms with Crippen LogP contribution < -0.4 is 5.32 Å². The zero-order chi connectivity index (χ0) is 21.0. The van der Waals surface area contributed by atoms with Crippen molar-refractivity contribution in [2.75, 3.05) is 11.9 Å². The van der Waals surface area contributed by atoms with Gasteiger partial charge in [-0.05, 0) is 47.4 Å². The zero-order valence-electron chi connectivity index (χ0n) is 16.4. The van der Waals surface area contributed by atoms with E-state index in [9.17, 15) is 14.0 Å². The van der Waals surface area contributed by atoms with Crippen LogP contribution in [-0.2, 0) is 14.9 Å². The molecule has 3 rings (SSSR count). The third-order valence-electron chi connectivity index (χ3n) is 4.17. The second-order valence-corrected chi connectivity index (χ2v) is 8.35. The van der Waals surface area contributed by atoms with Crippen molar-refractivity contribution in [3.63, 3.8) is 0 Å². The average molecular weight is 412 g/mol. The highest BCUT2D eigenvalue weighted by Crippen LogP contribution is 2.25. The van der Waals surface area contributed by atoms with E-state index < -0.39 is 18.5 Å². The molecule has 0 radical (unpaired) electrons. The number of aromatic nitrogens is 1. The van der Waals surface area contributed by atoms with E-state index in [0.29, 0.717) is 16.3 Å². The number of benzene rings is 2. The summed E-state index contributed by atoms with van der Waals surface area (Å²) in [5.41, 5.74) is 2.62. The highest BCUT2D eigenvalue weighted by Gasteiger charge is 2.16. The number of thiazole rings is 1. The first-order valence-electron chi connectivity index (χ1n) is 9.01. The van der Waals surface area contributed by atoms with E-state index in [1.54, 1.807) is 17.5 Å². The third kappa shape index (κ3) is 5.48. The first-order chi connectivity index (χ1) is 13.7. The van der Waals surface area contributed by atoms with Crippen molar-refractivity contribution >= 4 is 28.9 Å². The minimum Gasteiger partial charge on any atom is -0.451 e. The van der Waals surface area contributed by atoms with E-state index >= 15 is 0 Å². The van der Waals surface area contributed by atoms with Crippen LogP contribution in [0.3, 0.4) is 0 Å². The molecular weight excluding hydrogens is 391 g/mol. The molecule has 5 nitrogen and oxygen atoms in total. The molecule has 0 bridgehead atoms. The zero-order valence-corrected chi connectivity index (χ0v) is 17.2. The highest BCUT2D eigenvalue weighted by atomic mass is 32.1. The first-order valence-corrected chi connectivity index (χ1v) is 9.89. The molecule has 0 atom stereocenters. The molecule has 0 fully saturated rings. The number of carbonyl (C=O) groups is 2. The minimum atomic E-state index is -0.687. The summed E-state index contributed by atoms with van der Waals surface area (Å²) in [6, 6.07) is 13.4. The molecule has 7 heteroatoms. The molecular formula is C22H21FN2O3S. The lowest BCUT2D eigenvalue weighted by Gasteiger charge is -2.19. The predicted molar refractivity (Wildman–Crippen MR) is 112 cm³/mol. The van der Waals surface area contributed by atoms with Crippen molar-refractivity contribution in [2.24, 2.45) is 0 Å². The van der Waals surface area contributed by atoms with Gasteiger partial charge in [0, 0.05) is 16.6 Å². The van der Waals surface area contributed by atoms with Crippen molar-refractivity contribution in [1.29, 1.82) is 0 Å². The number of carbonyl (C=O) groups excluding carboxylic acids is 2. The maximum absolute atomic E-state index is 13.0. The van der Waals surface area contributed by atoms with Crippen LogP contribution in [0.1, 0.15) is 36.8 Å². The number of hydrogen-bond donors (Lipinski definition) is 1. The molecule has 1 heterocycles. The molecule has 0 aliphatic heterocycles. The van der Waals surface area contributed by atoms with E-state index in [1.165, 1.54) is 23.5 Å². The molecule has 0 unspecified atom stereocenters. The van der Waals surface area contributed by atoms with Gasteiger partial charge in [0.05, 0.1) is 0 Å². The van der Waals surface area contributed by atoms with Crippen molar-refractivity contribution in [2.45, 2.75) is 26.2 Å². The van der Waals surface area contributed by atoms with Gasteiger partial charge in [-0.25, -0.2) is 14.2 Å². The highest BCUT2D eigenvalue weighted by molar-refractivity contribution is 7.13. The van der Waals surface area contributed by atoms with Gasteiger partial charge in [-0.2, -0.15) is 0 Å². The summed E-state index contributed by atoms with van der Waals surface area (Å²) < 4.78 is 18.1. The summed E-state index contributed by atoms with van der Waals surface area (Å²) in [5.74, 6) is -1.47. The van der Waals surface area contributed by atoms with Crippen molar-refractivity contribution in [3.05, 3.63) is 71.0 Å². The summed E-state index contributed by atoms with van der Waals surface area (Å²) >= 11 is 1.24. The Morgan fingerprint density at radius 2 is 1.72 bits per heavy atom. The van der Waals surface area contributed by atoms with Gasteiger partial charge in [-0.3, -0.25) is 4.79 Å². The predicted octanol–water partition coefficient (Wildman–Crippen LogP) is 5.04. The molecule has 0 saturated carbocycles. The smallest absolute Gasteiger partial charge is 0.358 e. The fourth-order valence-corrected chi connectivity index (χ4v) is 3.34. The Morgan fingerprint density at radius 1 is 1.07 bits per heavy atom. The summed E-state index contributed by atoms with van der Waals surface area (Å²) in [7, 11) is 0. The van der Waals surface area contributed by atoms with Crippen LogP contribution in [0, 0.1) is 5.82 Å². The summed E-state index contributed by atoms with van der Waals surface area (Å²) in [6.45, 7) is 5.92. The van der Waals surface area contributed by atoms with Gasteiger partial charge in [0.15, 0.2) is 12.3 Å². The van der Waals surface area contributed by atoms with E-state index in [4.69, 9.17) is 4.74 Å². The van der Waals surface area contributed by atoms with Gasteiger partial charge in [0.2, 0.25) is 0 Å². The Labute approximate surface area is 172 Å². The van der Waals surface area contributed by atoms with Crippen LogP contribution in [0.25, 0.3) is 10.6 Å². The van der Waals surface area contributed by atoms with Crippen LogP contribution in [0.15, 0.2) is 53.9 Å². The second-order valence-electron chi connectivity index (χ2n) is 7.50. The van der Waals surface area contributed by atoms with Crippen molar-refractivity contribution in [3.8, 4) is 10.6 Å². The SMILES string of the molecule is CC(C)(C)c1ccc(NC(=O)COC(=O)c2csc(-c3ccc(F)cc3)n2)cc1. The monoisotopic (exact) mass is 412 g/mol. The van der Waals surface area contributed by atoms with Crippen LogP contribution >= 0.6 is 11.3 Å². The minimum absolute atomic E-state index is 0.0262. The Kier molecular flexibility index (Phi) is 6.08. The standard InChI is InChI=1S/C22H21FN2O3S/c1-22(2,3)15-6-10-17(11-7-15)24-19(26)12-28-21(27)18-13-29-20(25-18)14-4-8-16(23)9-5-14/h4-11,13H,12H2,1-3H3,(H,24,26). The average Bonchev–Trinajstić information content (AvgIpc) is 3.17. The summed E-state index contributed by atoms with van der Waals surface area (Å²) in [5, 5.41) is 4.81. The maximum Gasteiger partial charge on any atom is 0.358 e. The third-order valence-corrected chi connectivity index (χ3v) is 5.06. The summed E-state index contributed by atoms with van der Waals surface area (Å²) in [6.07, 6.45) is 0. The fourth-order valence-electron chi connectivity index (χ4n) is 2.55. The number of esters is 1. The quantitative estimate of drug-likeness (QED) is 0.596. The number of amides is 1. The number of anilines is 1. The Hall–Kier alpha value is -3.06. The van der Waals surface area contributed by atoms with Crippen LogP contribution in [0.5, 0.6) is 0 Å². The van der Waals surface area contributed by atoms with Gasteiger partial charge >= 0.3 is 5.97 Å². The first kappa shape index (κ1) is 20.7. The van der Waals surface area contributed by atoms with Crippen LogP contribution in [-0.4, -0.2) is 23.5 Å². The fraction of sp³-hybridized carbons (Fsp3) is 0.227. The van der Waals surface area contributed by atoms with Crippen molar-refractivity contribution < 1.29 is 18.7 Å². The van der Waals surface area contributed by atoms with Gasteiger partial charge in [-0.1, -0.05) is 32.9 Å². The van der Waals surface area contributed by atoms with Crippen LogP contribution in [0.2, 0.25) is 0 Å². The lowest BCUT2D eigenvalue weighted by molar-refractivity contribution is -0.119. The number of halogens is 1. The van der Waals surface area contributed by atoms with E-state index in [1.807, 2.05) is 24.3 Å². The molecule has 0 aliphatic rings. The molecule has 0 saturated heterocycles. The molecule has 1 amide bonds. The van der Waals surface area contributed by atoms with Crippen LogP contribution in [0.4, 0.5) is 10.1 Å². The molecule has 0 aliphatic carbocycles. The molecule has 1 N–H and O–H groups in total. The number of ether oxygens (including phenoxy) is 1. The van der Waals surface area contributed by atoms with Crippen molar-refractivity contribution in [1.82, 2.24) is 4.98 Å². The Morgan fingerprint density at radius 3 is 2.34 bits per heavy atom. The lowest BCUT2D eigenvalue weighted by atomic mass is 9.87. The van der Waals surface area contributed by atoms with Gasteiger partial charge in [0.25, 0.3) is 5.91 Å². The van der Waals surface area contributed by atoms with Gasteiger partial charge in [-0.15, -0.1) is 11.3 Å². The van der Waals surface area contributed by atoms with Gasteiger partial charge in [0.1, 0.15) is 10.8 Å². The Balaban J connectivity index is 1.54. The molecule has 1 aromatic heterocycles. The van der Waals surface area contributed by atoms with E-state index in [-0.39, 0.29) is 16.9 Å². The normalized spacial score (nSPS) is 11.2. The lowest BCUT2D eigenvalue weighted by Crippen LogP contribution is -2.21. The molecule has 3 aromatic rings. The molecule has 0 spiro atoms. The summed E-state index contributed by atoms with van der Waals surface area (Å²) in [4.78, 5) is 28.4. The maximum atomic E-state index is 13.0. The second kappa shape index (κ2) is 8.53. The van der Waals surface area contributed by atoms with E-state index in [2.05, 4.69) is 31.1 Å². The number of nitrogens with one attached hydrogen (secondary N) is 1. The topological polar surface area (TPSA) is 68.3 Å².